The molecule has 1 aliphatic rings. The van der Waals surface area contributed by atoms with Crippen molar-refractivity contribution in [2.75, 3.05) is 17.8 Å². The Hall–Kier alpha value is -0.660. The predicted molar refractivity (Wildman–Crippen MR) is 79.2 cm³/mol. The van der Waals surface area contributed by atoms with Crippen LogP contribution in [0.3, 0.4) is 0 Å². The van der Waals surface area contributed by atoms with Crippen molar-refractivity contribution in [3.8, 4) is 0 Å². The summed E-state index contributed by atoms with van der Waals surface area (Å²) in [6.07, 6.45) is 1.82. The fourth-order valence-corrected chi connectivity index (χ4v) is 3.44. The normalized spacial score (nSPS) is 18.5. The van der Waals surface area contributed by atoms with Crippen molar-refractivity contribution < 1.29 is 8.42 Å². The molecule has 0 atom stereocenters. The molecular weight excluding hydrogens is 330 g/mol. The Morgan fingerprint density at radius 3 is 2.58 bits per heavy atom. The van der Waals surface area contributed by atoms with Crippen molar-refractivity contribution in [3.63, 3.8) is 0 Å². The summed E-state index contributed by atoms with van der Waals surface area (Å²) in [5.74, 6) is 0.957. The fraction of sp³-hybridized carbons (Fsp3) is 0.583. The minimum absolute atomic E-state index is 0.360. The van der Waals surface area contributed by atoms with Crippen LogP contribution in [-0.4, -0.2) is 30.8 Å². The number of aromatic nitrogens is 1. The van der Waals surface area contributed by atoms with Crippen molar-refractivity contribution in [2.45, 2.75) is 26.7 Å². The van der Waals surface area contributed by atoms with Crippen LogP contribution >= 0.6 is 15.9 Å². The molecule has 1 aliphatic heterocycles. The van der Waals surface area contributed by atoms with E-state index in [0.717, 1.165) is 23.0 Å². The molecule has 5 nitrogen and oxygen atoms in total. The van der Waals surface area contributed by atoms with Crippen molar-refractivity contribution in [2.24, 2.45) is 5.92 Å². The molecule has 2 heterocycles. The Labute approximate surface area is 122 Å². The summed E-state index contributed by atoms with van der Waals surface area (Å²) < 4.78 is 29.3. The molecule has 106 valence electrons. The summed E-state index contributed by atoms with van der Waals surface area (Å²) in [4.78, 5) is 4.20. The first-order chi connectivity index (χ1) is 8.88. The highest BCUT2D eigenvalue weighted by molar-refractivity contribution is 9.10. The van der Waals surface area contributed by atoms with Crippen LogP contribution in [0, 0.1) is 12.8 Å². The zero-order valence-electron chi connectivity index (χ0n) is 11.1. The number of halogens is 1. The van der Waals surface area contributed by atoms with E-state index in [4.69, 9.17) is 0 Å². The largest absolute Gasteiger partial charge is 0.302 e. The lowest BCUT2D eigenvalue weighted by molar-refractivity contribution is 0.289. The molecule has 0 aromatic carbocycles. The van der Waals surface area contributed by atoms with E-state index in [9.17, 15) is 8.42 Å². The van der Waals surface area contributed by atoms with Gasteiger partial charge in [0.05, 0.1) is 5.69 Å². The first kappa shape index (κ1) is 14.7. The lowest BCUT2D eigenvalue weighted by Gasteiger charge is -2.29. The zero-order chi connectivity index (χ0) is 14.0. The Kier molecular flexibility index (Phi) is 4.47. The molecule has 0 unspecified atom stereocenters. The van der Waals surface area contributed by atoms with E-state index in [2.05, 4.69) is 32.6 Å². The third-order valence-corrected chi connectivity index (χ3v) is 5.69. The molecule has 1 aromatic heterocycles. The Morgan fingerprint density at radius 2 is 2.00 bits per heavy atom. The average Bonchev–Trinajstić information content (AvgIpc) is 2.34. The maximum absolute atomic E-state index is 12.2. The van der Waals surface area contributed by atoms with Gasteiger partial charge in [-0.15, -0.1) is 0 Å². The molecule has 2 rings (SSSR count). The first-order valence-corrected chi connectivity index (χ1v) is 8.53. The number of nitrogens with one attached hydrogen (secondary N) is 1. The minimum atomic E-state index is -3.48. The van der Waals surface area contributed by atoms with E-state index in [0.29, 0.717) is 24.8 Å². The van der Waals surface area contributed by atoms with Crippen LogP contribution in [0.5, 0.6) is 0 Å². The number of hydrogen-bond donors (Lipinski definition) is 1. The van der Waals surface area contributed by atoms with Crippen molar-refractivity contribution in [1.29, 1.82) is 0 Å². The number of pyridine rings is 1. The van der Waals surface area contributed by atoms with Crippen LogP contribution in [0.15, 0.2) is 16.6 Å². The molecule has 1 aromatic rings. The van der Waals surface area contributed by atoms with Crippen molar-refractivity contribution >= 4 is 32.0 Å². The summed E-state index contributed by atoms with van der Waals surface area (Å²) in [7, 11) is -3.48. The molecule has 0 spiro atoms. The molecule has 1 saturated heterocycles. The highest BCUT2D eigenvalue weighted by Gasteiger charge is 2.26. The molecule has 0 saturated carbocycles. The lowest BCUT2D eigenvalue weighted by Crippen LogP contribution is -2.41. The minimum Gasteiger partial charge on any atom is -0.254 e. The van der Waals surface area contributed by atoms with E-state index >= 15 is 0 Å². The monoisotopic (exact) mass is 347 g/mol. The fourth-order valence-electron chi connectivity index (χ4n) is 2.02. The van der Waals surface area contributed by atoms with E-state index in [1.807, 2.05) is 6.92 Å². The van der Waals surface area contributed by atoms with Gasteiger partial charge < -0.3 is 0 Å². The van der Waals surface area contributed by atoms with Gasteiger partial charge in [0.1, 0.15) is 5.82 Å². The number of aryl methyl sites for hydroxylation is 1. The van der Waals surface area contributed by atoms with Gasteiger partial charge in [0, 0.05) is 17.6 Å². The Balaban J connectivity index is 2.10. The third kappa shape index (κ3) is 3.67. The lowest BCUT2D eigenvalue weighted by atomic mass is 10.0. The Morgan fingerprint density at radius 1 is 1.37 bits per heavy atom. The standard InChI is InChI=1S/C12H18BrN3O2S/c1-9-5-7-16(8-6-9)19(17,18)15-12-4-3-11(13)10(2)14-12/h3-4,9H,5-8H2,1-2H3,(H,14,15). The van der Waals surface area contributed by atoms with Gasteiger partial charge in [0.2, 0.25) is 0 Å². The van der Waals surface area contributed by atoms with E-state index in [-0.39, 0.29) is 0 Å². The van der Waals surface area contributed by atoms with Crippen LogP contribution in [0.2, 0.25) is 0 Å². The van der Waals surface area contributed by atoms with Gasteiger partial charge in [0.15, 0.2) is 0 Å². The van der Waals surface area contributed by atoms with Crippen molar-refractivity contribution in [1.82, 2.24) is 9.29 Å². The summed E-state index contributed by atoms with van der Waals surface area (Å²) in [6, 6.07) is 3.44. The van der Waals surface area contributed by atoms with Crippen LogP contribution in [0.4, 0.5) is 5.82 Å². The van der Waals surface area contributed by atoms with Crippen LogP contribution in [0.1, 0.15) is 25.5 Å². The second kappa shape index (κ2) is 5.76. The van der Waals surface area contributed by atoms with Gasteiger partial charge in [-0.25, -0.2) is 4.98 Å². The van der Waals surface area contributed by atoms with Gasteiger partial charge in [-0.3, -0.25) is 4.72 Å². The third-order valence-electron chi connectivity index (χ3n) is 3.34. The highest BCUT2D eigenvalue weighted by atomic mass is 79.9. The van der Waals surface area contributed by atoms with E-state index in [1.165, 1.54) is 4.31 Å². The van der Waals surface area contributed by atoms with E-state index < -0.39 is 10.2 Å². The van der Waals surface area contributed by atoms with Crippen LogP contribution in [-0.2, 0) is 10.2 Å². The van der Waals surface area contributed by atoms with Gasteiger partial charge in [-0.05, 0) is 53.7 Å². The quantitative estimate of drug-likeness (QED) is 0.913. The summed E-state index contributed by atoms with van der Waals surface area (Å²) in [5.41, 5.74) is 0.757. The van der Waals surface area contributed by atoms with E-state index in [1.54, 1.807) is 12.1 Å². The molecule has 0 aliphatic carbocycles. The molecular formula is C12H18BrN3O2S. The maximum atomic E-state index is 12.2. The summed E-state index contributed by atoms with van der Waals surface area (Å²) in [6.45, 7) is 5.12. The second-order valence-electron chi connectivity index (χ2n) is 4.95. The number of anilines is 1. The van der Waals surface area contributed by atoms with Crippen molar-refractivity contribution in [3.05, 3.63) is 22.3 Å². The molecule has 1 N–H and O–H groups in total. The van der Waals surface area contributed by atoms with Crippen LogP contribution < -0.4 is 4.72 Å². The SMILES string of the molecule is Cc1nc(NS(=O)(=O)N2CCC(C)CC2)ccc1Br. The molecule has 0 amide bonds. The Bertz CT molecular complexity index is 554. The highest BCUT2D eigenvalue weighted by Crippen LogP contribution is 2.21. The maximum Gasteiger partial charge on any atom is 0.302 e. The number of rotatable bonds is 3. The van der Waals surface area contributed by atoms with Gasteiger partial charge in [-0.2, -0.15) is 12.7 Å². The molecule has 19 heavy (non-hydrogen) atoms. The molecule has 0 bridgehead atoms. The van der Waals surface area contributed by atoms with Gasteiger partial charge in [-0.1, -0.05) is 6.92 Å². The molecule has 0 radical (unpaired) electrons. The van der Waals surface area contributed by atoms with Gasteiger partial charge in [0.25, 0.3) is 0 Å². The smallest absolute Gasteiger partial charge is 0.254 e. The number of nitrogens with zero attached hydrogens (tertiary/aromatic N) is 2. The summed E-state index contributed by atoms with van der Waals surface area (Å²) >= 11 is 3.34. The topological polar surface area (TPSA) is 62.3 Å². The first-order valence-electron chi connectivity index (χ1n) is 6.29. The average molecular weight is 348 g/mol. The number of piperidine rings is 1. The zero-order valence-corrected chi connectivity index (χ0v) is 13.5. The predicted octanol–water partition coefficient (Wildman–Crippen LogP) is 2.54. The number of hydrogen-bond acceptors (Lipinski definition) is 3. The second-order valence-corrected chi connectivity index (χ2v) is 7.48. The molecule has 1 fully saturated rings. The van der Waals surface area contributed by atoms with Gasteiger partial charge >= 0.3 is 10.2 Å². The molecule has 7 heteroatoms. The summed E-state index contributed by atoms with van der Waals surface area (Å²) in [5, 5.41) is 0. The van der Waals surface area contributed by atoms with Crippen LogP contribution in [0.25, 0.3) is 0 Å².